The van der Waals surface area contributed by atoms with E-state index >= 15 is 0 Å². The van der Waals surface area contributed by atoms with E-state index in [1.54, 1.807) is 19.1 Å². The Morgan fingerprint density at radius 3 is 2.29 bits per heavy atom. The molecule has 0 aliphatic heterocycles. The fourth-order valence-corrected chi connectivity index (χ4v) is 4.62. The maximum Gasteiger partial charge on any atom is 0.244 e. The molecule has 0 spiro atoms. The molecule has 2 aromatic rings. The number of carbonyl (C=O) groups is 2. The van der Waals surface area contributed by atoms with Crippen molar-refractivity contribution in [2.75, 3.05) is 37.9 Å². The molecular weight excluding hydrogens is 470 g/mol. The molecular formula is C25H35N3O6S. The highest BCUT2D eigenvalue weighted by molar-refractivity contribution is 7.92. The number of rotatable bonds is 12. The highest BCUT2D eigenvalue weighted by Crippen LogP contribution is 2.33. The molecule has 1 atom stereocenters. The minimum atomic E-state index is -3.88. The summed E-state index contributed by atoms with van der Waals surface area (Å²) in [5.74, 6) is -0.0721. The van der Waals surface area contributed by atoms with Gasteiger partial charge in [-0.3, -0.25) is 13.9 Å². The molecule has 0 saturated carbocycles. The van der Waals surface area contributed by atoms with E-state index in [2.05, 4.69) is 5.32 Å². The van der Waals surface area contributed by atoms with Crippen LogP contribution in [0.5, 0.6) is 11.5 Å². The molecule has 0 unspecified atom stereocenters. The van der Waals surface area contributed by atoms with Crippen LogP contribution in [0.15, 0.2) is 42.5 Å². The monoisotopic (exact) mass is 505 g/mol. The Bertz CT molecular complexity index is 1140. The SMILES string of the molecule is CCNC(=O)[C@@H](CC)N(Cc1ccccc1C)C(=O)CN(c1ccc(OC)cc1OC)S(C)(=O)=O. The number of hydrogen-bond donors (Lipinski definition) is 1. The first kappa shape index (κ1) is 28.0. The molecule has 0 aromatic heterocycles. The van der Waals surface area contributed by atoms with E-state index in [0.717, 1.165) is 21.7 Å². The van der Waals surface area contributed by atoms with Crippen LogP contribution in [-0.4, -0.2) is 64.7 Å². The molecule has 0 bridgehead atoms. The second-order valence-corrected chi connectivity index (χ2v) is 9.98. The number of benzene rings is 2. The number of anilines is 1. The minimum absolute atomic E-state index is 0.165. The predicted octanol–water partition coefficient (Wildman–Crippen LogP) is 2.72. The summed E-state index contributed by atoms with van der Waals surface area (Å²) in [6, 6.07) is 11.5. The Kier molecular flexibility index (Phi) is 9.94. The fraction of sp³-hybridized carbons (Fsp3) is 0.440. The molecule has 0 heterocycles. The first-order valence-electron chi connectivity index (χ1n) is 11.4. The first-order chi connectivity index (χ1) is 16.6. The van der Waals surface area contributed by atoms with E-state index in [1.165, 1.54) is 25.2 Å². The number of amides is 2. The Hall–Kier alpha value is -3.27. The third-order valence-corrected chi connectivity index (χ3v) is 6.80. The van der Waals surface area contributed by atoms with Gasteiger partial charge in [0.05, 0.1) is 26.2 Å². The Balaban J connectivity index is 2.52. The van der Waals surface area contributed by atoms with Crippen molar-refractivity contribution in [3.63, 3.8) is 0 Å². The van der Waals surface area contributed by atoms with Crippen molar-refractivity contribution in [3.05, 3.63) is 53.6 Å². The summed E-state index contributed by atoms with van der Waals surface area (Å²) in [5, 5.41) is 2.78. The maximum atomic E-state index is 13.7. The van der Waals surface area contributed by atoms with Crippen molar-refractivity contribution < 1.29 is 27.5 Å². The Morgan fingerprint density at radius 1 is 1.06 bits per heavy atom. The molecule has 0 aliphatic carbocycles. The lowest BCUT2D eigenvalue weighted by molar-refractivity contribution is -0.140. The van der Waals surface area contributed by atoms with Crippen molar-refractivity contribution >= 4 is 27.5 Å². The average Bonchev–Trinajstić information content (AvgIpc) is 2.82. The lowest BCUT2D eigenvalue weighted by atomic mass is 10.1. The largest absolute Gasteiger partial charge is 0.497 e. The van der Waals surface area contributed by atoms with E-state index < -0.39 is 28.5 Å². The van der Waals surface area contributed by atoms with Crippen molar-refractivity contribution in [1.29, 1.82) is 0 Å². The molecule has 2 amide bonds. The normalized spacial score (nSPS) is 11.9. The van der Waals surface area contributed by atoms with E-state index in [0.29, 0.717) is 18.7 Å². The second-order valence-electron chi connectivity index (χ2n) is 8.07. The van der Waals surface area contributed by atoms with Crippen LogP contribution < -0.4 is 19.1 Å². The van der Waals surface area contributed by atoms with Crippen LogP contribution in [-0.2, 0) is 26.2 Å². The number of aryl methyl sites for hydroxylation is 1. The Labute approximate surface area is 208 Å². The highest BCUT2D eigenvalue weighted by atomic mass is 32.2. The van der Waals surface area contributed by atoms with Gasteiger partial charge in [-0.1, -0.05) is 31.2 Å². The number of sulfonamides is 1. The number of nitrogens with zero attached hydrogens (tertiary/aromatic N) is 2. The molecule has 192 valence electrons. The molecule has 1 N–H and O–H groups in total. The minimum Gasteiger partial charge on any atom is -0.497 e. The molecule has 0 radical (unpaired) electrons. The summed E-state index contributed by atoms with van der Waals surface area (Å²) in [6.45, 7) is 5.64. The van der Waals surface area contributed by atoms with Gasteiger partial charge in [0.25, 0.3) is 0 Å². The van der Waals surface area contributed by atoms with Crippen LogP contribution in [0.25, 0.3) is 0 Å². The lowest BCUT2D eigenvalue weighted by Crippen LogP contribution is -2.52. The topological polar surface area (TPSA) is 105 Å². The number of methoxy groups -OCH3 is 2. The summed E-state index contributed by atoms with van der Waals surface area (Å²) >= 11 is 0. The zero-order valence-electron chi connectivity index (χ0n) is 21.2. The fourth-order valence-electron chi connectivity index (χ4n) is 3.77. The zero-order valence-corrected chi connectivity index (χ0v) is 22.0. The summed E-state index contributed by atoms with van der Waals surface area (Å²) < 4.78 is 37.2. The second kappa shape index (κ2) is 12.4. The standard InChI is InChI=1S/C25H35N3O6S/c1-7-21(25(30)26-8-2)27(16-19-12-10-9-11-18(19)3)24(29)17-28(35(6,31)32)22-14-13-20(33-4)15-23(22)34-5/h9-15,21H,7-8,16-17H2,1-6H3,(H,26,30)/t21-/m1/s1. The van der Waals surface area contributed by atoms with Gasteiger partial charge in [-0.05, 0) is 43.5 Å². The highest BCUT2D eigenvalue weighted by Gasteiger charge is 2.32. The first-order valence-corrected chi connectivity index (χ1v) is 13.2. The molecule has 2 aromatic carbocycles. The summed E-state index contributed by atoms with van der Waals surface area (Å²) in [6.07, 6.45) is 1.39. The predicted molar refractivity (Wildman–Crippen MR) is 136 cm³/mol. The van der Waals surface area contributed by atoms with E-state index in [1.807, 2.05) is 38.1 Å². The van der Waals surface area contributed by atoms with Gasteiger partial charge in [0.15, 0.2) is 0 Å². The summed E-state index contributed by atoms with van der Waals surface area (Å²) in [7, 11) is -0.980. The van der Waals surface area contributed by atoms with Crippen LogP contribution in [0.2, 0.25) is 0 Å². The molecule has 0 saturated heterocycles. The van der Waals surface area contributed by atoms with Crippen LogP contribution >= 0.6 is 0 Å². The average molecular weight is 506 g/mol. The third kappa shape index (κ3) is 7.11. The van der Waals surface area contributed by atoms with E-state index in [-0.39, 0.29) is 23.9 Å². The molecule has 2 rings (SSSR count). The summed E-state index contributed by atoms with van der Waals surface area (Å²) in [5.41, 5.74) is 2.04. The van der Waals surface area contributed by atoms with Crippen molar-refractivity contribution in [1.82, 2.24) is 10.2 Å². The van der Waals surface area contributed by atoms with Crippen molar-refractivity contribution in [3.8, 4) is 11.5 Å². The van der Waals surface area contributed by atoms with Gasteiger partial charge < -0.3 is 19.7 Å². The number of nitrogens with one attached hydrogen (secondary N) is 1. The van der Waals surface area contributed by atoms with Gasteiger partial charge in [0.2, 0.25) is 21.8 Å². The Morgan fingerprint density at radius 2 is 1.74 bits per heavy atom. The third-order valence-electron chi connectivity index (χ3n) is 5.67. The van der Waals surface area contributed by atoms with Crippen LogP contribution in [0, 0.1) is 6.92 Å². The van der Waals surface area contributed by atoms with E-state index in [4.69, 9.17) is 9.47 Å². The van der Waals surface area contributed by atoms with Gasteiger partial charge in [-0.15, -0.1) is 0 Å². The zero-order chi connectivity index (χ0) is 26.2. The molecule has 0 aliphatic rings. The van der Waals surface area contributed by atoms with Crippen LogP contribution in [0.1, 0.15) is 31.4 Å². The van der Waals surface area contributed by atoms with Crippen molar-refractivity contribution in [2.45, 2.75) is 39.8 Å². The van der Waals surface area contributed by atoms with Gasteiger partial charge >= 0.3 is 0 Å². The van der Waals surface area contributed by atoms with Crippen LogP contribution in [0.4, 0.5) is 5.69 Å². The van der Waals surface area contributed by atoms with Crippen molar-refractivity contribution in [2.24, 2.45) is 0 Å². The number of carbonyl (C=O) groups excluding carboxylic acids is 2. The van der Waals surface area contributed by atoms with Crippen LogP contribution in [0.3, 0.4) is 0 Å². The number of ether oxygens (including phenoxy) is 2. The molecule has 35 heavy (non-hydrogen) atoms. The maximum absolute atomic E-state index is 13.7. The summed E-state index contributed by atoms with van der Waals surface area (Å²) in [4.78, 5) is 28.0. The quantitative estimate of drug-likeness (QED) is 0.476. The molecule has 10 heteroatoms. The smallest absolute Gasteiger partial charge is 0.244 e. The lowest BCUT2D eigenvalue weighted by Gasteiger charge is -2.33. The van der Waals surface area contributed by atoms with Gasteiger partial charge in [0, 0.05) is 19.2 Å². The molecule has 9 nitrogen and oxygen atoms in total. The van der Waals surface area contributed by atoms with Gasteiger partial charge in [-0.25, -0.2) is 8.42 Å². The number of likely N-dealkylation sites (N-methyl/N-ethyl adjacent to an activating group) is 1. The number of hydrogen-bond acceptors (Lipinski definition) is 6. The molecule has 0 fully saturated rings. The van der Waals surface area contributed by atoms with Gasteiger partial charge in [0.1, 0.15) is 24.1 Å². The van der Waals surface area contributed by atoms with E-state index in [9.17, 15) is 18.0 Å². The van der Waals surface area contributed by atoms with Gasteiger partial charge in [-0.2, -0.15) is 0 Å².